The fourth-order valence-electron chi connectivity index (χ4n) is 1.93. The molecule has 0 spiro atoms. The van der Waals surface area contributed by atoms with Crippen LogP contribution < -0.4 is 5.32 Å². The van der Waals surface area contributed by atoms with Gasteiger partial charge in [0.1, 0.15) is 0 Å². The van der Waals surface area contributed by atoms with E-state index >= 15 is 0 Å². The molecule has 96 valence electrons. The van der Waals surface area contributed by atoms with Gasteiger partial charge in [-0.3, -0.25) is 4.68 Å². The van der Waals surface area contributed by atoms with Crippen LogP contribution in [0.5, 0.6) is 0 Å². The van der Waals surface area contributed by atoms with Crippen molar-refractivity contribution in [3.05, 3.63) is 52.8 Å². The Balaban J connectivity index is 1.76. The molecule has 0 saturated heterocycles. The zero-order chi connectivity index (χ0) is 13.0. The van der Waals surface area contributed by atoms with E-state index < -0.39 is 0 Å². The molecule has 3 nitrogen and oxygen atoms in total. The lowest BCUT2D eigenvalue weighted by Gasteiger charge is -2.07. The predicted octanol–water partition coefficient (Wildman–Crippen LogP) is 2.60. The highest BCUT2D eigenvalue weighted by atomic mass is 15.3. The largest absolute Gasteiger partial charge is 0.311 e. The summed E-state index contributed by atoms with van der Waals surface area (Å²) in [4.78, 5) is 0. The van der Waals surface area contributed by atoms with Gasteiger partial charge in [-0.25, -0.2) is 0 Å². The van der Waals surface area contributed by atoms with Gasteiger partial charge in [0, 0.05) is 19.3 Å². The average Bonchev–Trinajstić information content (AvgIpc) is 2.75. The fraction of sp³-hybridized carbons (Fsp3) is 0.400. The third kappa shape index (κ3) is 3.44. The van der Waals surface area contributed by atoms with Crippen LogP contribution in [-0.4, -0.2) is 16.3 Å². The molecule has 0 aliphatic carbocycles. The molecule has 0 radical (unpaired) electrons. The van der Waals surface area contributed by atoms with E-state index in [2.05, 4.69) is 55.6 Å². The van der Waals surface area contributed by atoms with Crippen LogP contribution in [0.1, 0.15) is 22.3 Å². The van der Waals surface area contributed by atoms with Gasteiger partial charge < -0.3 is 5.32 Å². The summed E-state index contributed by atoms with van der Waals surface area (Å²) in [5, 5.41) is 7.71. The molecule has 0 aliphatic rings. The zero-order valence-corrected chi connectivity index (χ0v) is 11.4. The Bertz CT molecular complexity index is 514. The van der Waals surface area contributed by atoms with Crippen molar-refractivity contribution in [2.24, 2.45) is 0 Å². The van der Waals surface area contributed by atoms with Crippen LogP contribution in [0.4, 0.5) is 0 Å². The molecule has 18 heavy (non-hydrogen) atoms. The number of hydrogen-bond acceptors (Lipinski definition) is 2. The van der Waals surface area contributed by atoms with E-state index in [0.29, 0.717) is 0 Å². The fourth-order valence-corrected chi connectivity index (χ4v) is 1.93. The molecule has 1 N–H and O–H groups in total. The normalized spacial score (nSPS) is 10.8. The molecule has 0 bridgehead atoms. The number of nitrogens with one attached hydrogen (secondary N) is 1. The van der Waals surface area contributed by atoms with Crippen LogP contribution in [0.15, 0.2) is 30.6 Å². The minimum Gasteiger partial charge on any atom is -0.311 e. The molecule has 0 saturated carbocycles. The zero-order valence-electron chi connectivity index (χ0n) is 11.4. The predicted molar refractivity (Wildman–Crippen MR) is 74.6 cm³/mol. The summed E-state index contributed by atoms with van der Waals surface area (Å²) < 4.78 is 1.97. The number of aromatic nitrogens is 2. The number of aryl methyl sites for hydroxylation is 3. The SMILES string of the molecule is Cc1cnn(CCNCc2ccc(C)c(C)c2)c1. The Morgan fingerprint density at radius 1 is 1.17 bits per heavy atom. The molecule has 0 fully saturated rings. The lowest BCUT2D eigenvalue weighted by molar-refractivity contribution is 0.554. The first-order chi connectivity index (χ1) is 8.65. The van der Waals surface area contributed by atoms with Gasteiger partial charge in [0.25, 0.3) is 0 Å². The van der Waals surface area contributed by atoms with Crippen LogP contribution >= 0.6 is 0 Å². The molecule has 0 amide bonds. The van der Waals surface area contributed by atoms with E-state index in [1.165, 1.54) is 22.3 Å². The Labute approximate surface area is 109 Å². The second-order valence-electron chi connectivity index (χ2n) is 4.88. The van der Waals surface area contributed by atoms with Crippen molar-refractivity contribution >= 4 is 0 Å². The Morgan fingerprint density at radius 2 is 2.00 bits per heavy atom. The summed E-state index contributed by atoms with van der Waals surface area (Å²) in [6, 6.07) is 6.62. The Kier molecular flexibility index (Phi) is 4.15. The summed E-state index contributed by atoms with van der Waals surface area (Å²) >= 11 is 0. The van der Waals surface area contributed by atoms with E-state index in [1.54, 1.807) is 0 Å². The van der Waals surface area contributed by atoms with Crippen LogP contribution in [0.3, 0.4) is 0 Å². The minimum atomic E-state index is 0.915. The second kappa shape index (κ2) is 5.83. The maximum atomic E-state index is 4.26. The van der Waals surface area contributed by atoms with Crippen molar-refractivity contribution in [3.8, 4) is 0 Å². The molecule has 3 heteroatoms. The van der Waals surface area contributed by atoms with Gasteiger partial charge in [0.2, 0.25) is 0 Å². The smallest absolute Gasteiger partial charge is 0.0534 e. The quantitative estimate of drug-likeness (QED) is 0.818. The first kappa shape index (κ1) is 12.8. The molecule has 2 aromatic rings. The van der Waals surface area contributed by atoms with Gasteiger partial charge in [-0.1, -0.05) is 18.2 Å². The first-order valence-corrected chi connectivity index (χ1v) is 6.41. The summed E-state index contributed by atoms with van der Waals surface area (Å²) in [5.74, 6) is 0. The molecule has 2 rings (SSSR count). The van der Waals surface area contributed by atoms with E-state index in [1.807, 2.05) is 10.9 Å². The third-order valence-corrected chi connectivity index (χ3v) is 3.18. The lowest BCUT2D eigenvalue weighted by Crippen LogP contribution is -2.19. The molecular weight excluding hydrogens is 222 g/mol. The van der Waals surface area contributed by atoms with Crippen LogP contribution in [-0.2, 0) is 13.1 Å². The monoisotopic (exact) mass is 243 g/mol. The topological polar surface area (TPSA) is 29.9 Å². The van der Waals surface area contributed by atoms with Crippen molar-refractivity contribution in [2.45, 2.75) is 33.9 Å². The van der Waals surface area contributed by atoms with Crippen LogP contribution in [0.25, 0.3) is 0 Å². The van der Waals surface area contributed by atoms with Crippen LogP contribution in [0, 0.1) is 20.8 Å². The van der Waals surface area contributed by atoms with Gasteiger partial charge in [0.15, 0.2) is 0 Å². The lowest BCUT2D eigenvalue weighted by atomic mass is 10.1. The molecule has 0 unspecified atom stereocenters. The van der Waals surface area contributed by atoms with Gasteiger partial charge in [-0.05, 0) is 43.0 Å². The van der Waals surface area contributed by atoms with E-state index in [9.17, 15) is 0 Å². The van der Waals surface area contributed by atoms with Gasteiger partial charge >= 0.3 is 0 Å². The standard InChI is InChI=1S/C15H21N3/c1-12-9-17-18(11-12)7-6-16-10-15-5-4-13(2)14(3)8-15/h4-5,8-9,11,16H,6-7,10H2,1-3H3. The first-order valence-electron chi connectivity index (χ1n) is 6.41. The average molecular weight is 243 g/mol. The Morgan fingerprint density at radius 3 is 2.67 bits per heavy atom. The van der Waals surface area contributed by atoms with Gasteiger partial charge in [-0.15, -0.1) is 0 Å². The van der Waals surface area contributed by atoms with E-state index in [0.717, 1.165) is 19.6 Å². The molecule has 0 aliphatic heterocycles. The third-order valence-electron chi connectivity index (χ3n) is 3.18. The highest BCUT2D eigenvalue weighted by Gasteiger charge is 1.97. The van der Waals surface area contributed by atoms with E-state index in [-0.39, 0.29) is 0 Å². The van der Waals surface area contributed by atoms with Crippen molar-refractivity contribution in [1.29, 1.82) is 0 Å². The van der Waals surface area contributed by atoms with Crippen molar-refractivity contribution in [3.63, 3.8) is 0 Å². The molecule has 1 heterocycles. The summed E-state index contributed by atoms with van der Waals surface area (Å²) in [6.07, 6.45) is 3.96. The second-order valence-corrected chi connectivity index (χ2v) is 4.88. The molecule has 1 aromatic heterocycles. The van der Waals surface area contributed by atoms with E-state index in [4.69, 9.17) is 0 Å². The van der Waals surface area contributed by atoms with Crippen molar-refractivity contribution in [1.82, 2.24) is 15.1 Å². The number of nitrogens with zero attached hydrogens (tertiary/aromatic N) is 2. The van der Waals surface area contributed by atoms with Crippen molar-refractivity contribution < 1.29 is 0 Å². The molecule has 0 atom stereocenters. The minimum absolute atomic E-state index is 0.915. The van der Waals surface area contributed by atoms with Gasteiger partial charge in [0.05, 0.1) is 12.7 Å². The van der Waals surface area contributed by atoms with Crippen LogP contribution in [0.2, 0.25) is 0 Å². The Hall–Kier alpha value is -1.61. The maximum absolute atomic E-state index is 4.26. The number of hydrogen-bond donors (Lipinski definition) is 1. The maximum Gasteiger partial charge on any atom is 0.0534 e. The summed E-state index contributed by atoms with van der Waals surface area (Å²) in [5.41, 5.74) is 5.27. The molecular formula is C15H21N3. The molecule has 1 aromatic carbocycles. The summed E-state index contributed by atoms with van der Waals surface area (Å²) in [6.45, 7) is 9.14. The highest BCUT2D eigenvalue weighted by Crippen LogP contribution is 2.09. The summed E-state index contributed by atoms with van der Waals surface area (Å²) in [7, 11) is 0. The number of rotatable bonds is 5. The van der Waals surface area contributed by atoms with Crippen molar-refractivity contribution in [2.75, 3.05) is 6.54 Å². The van der Waals surface area contributed by atoms with Gasteiger partial charge in [-0.2, -0.15) is 5.10 Å². The number of benzene rings is 1. The highest BCUT2D eigenvalue weighted by molar-refractivity contribution is 5.29.